The maximum atomic E-state index is 10.7. The molecule has 2 aliphatic carbocycles. The van der Waals surface area contributed by atoms with E-state index < -0.39 is 9.05 Å². The van der Waals surface area contributed by atoms with E-state index in [0.717, 1.165) is 24.3 Å². The minimum absolute atomic E-state index is 0.199. The molecule has 130 valence electrons. The van der Waals surface area contributed by atoms with Gasteiger partial charge in [0.2, 0.25) is 0 Å². The van der Waals surface area contributed by atoms with E-state index in [1.54, 1.807) is 0 Å². The van der Waals surface area contributed by atoms with E-state index in [9.17, 15) is 4.21 Å². The van der Waals surface area contributed by atoms with Crippen molar-refractivity contribution < 1.29 is 12.9 Å². The molecular weight excluding hydrogens is 318 g/mol. The van der Waals surface area contributed by atoms with Crippen LogP contribution >= 0.6 is 0 Å². The number of hydrogen-bond donors (Lipinski definition) is 2. The average Bonchev–Trinajstić information content (AvgIpc) is 2.48. The first-order chi connectivity index (χ1) is 10.5. The molecule has 4 nitrogen and oxygen atoms in total. The molecule has 0 aromatic rings. The fourth-order valence-corrected chi connectivity index (χ4v) is 4.76. The van der Waals surface area contributed by atoms with Crippen LogP contribution in [0.5, 0.6) is 0 Å². The van der Waals surface area contributed by atoms with Gasteiger partial charge < -0.3 is 5.32 Å². The number of unbranched alkanes of at least 4 members (excludes halogenated alkanes) is 1. The van der Waals surface area contributed by atoms with Crippen molar-refractivity contribution >= 4 is 20.2 Å². The number of rotatable bonds is 9. The maximum absolute atomic E-state index is 10.7. The standard InChI is InChI=1S/C16H31NO3S2/c18-22(19,21)20-12-11-17-10-4-3-5-14-8-9-15-6-1-2-7-16(15)13-14/h14-17H,1-13H2,(H,18,19,21)/t14-,15-,16+/m1/s1. The molecule has 2 aliphatic rings. The minimum Gasteiger partial charge on any atom is -0.314 e. The lowest BCUT2D eigenvalue weighted by molar-refractivity contribution is 0.124. The summed E-state index contributed by atoms with van der Waals surface area (Å²) in [6.07, 6.45) is 14.2. The molecule has 0 saturated heterocycles. The van der Waals surface area contributed by atoms with Gasteiger partial charge in [-0.3, -0.25) is 8.74 Å². The minimum atomic E-state index is -3.45. The van der Waals surface area contributed by atoms with Crippen molar-refractivity contribution in [2.75, 3.05) is 19.7 Å². The topological polar surface area (TPSA) is 58.6 Å². The van der Waals surface area contributed by atoms with Gasteiger partial charge in [-0.1, -0.05) is 44.9 Å². The molecule has 0 amide bonds. The van der Waals surface area contributed by atoms with Crippen molar-refractivity contribution in [3.05, 3.63) is 0 Å². The van der Waals surface area contributed by atoms with Crippen LogP contribution in [0.4, 0.5) is 0 Å². The van der Waals surface area contributed by atoms with Gasteiger partial charge in [0.1, 0.15) is 0 Å². The van der Waals surface area contributed by atoms with E-state index in [1.807, 2.05) is 0 Å². The molecule has 2 fully saturated rings. The summed E-state index contributed by atoms with van der Waals surface area (Å²) in [5.41, 5.74) is 0. The lowest BCUT2D eigenvalue weighted by Gasteiger charge is -2.39. The van der Waals surface area contributed by atoms with Gasteiger partial charge in [-0.05, 0) is 43.6 Å². The maximum Gasteiger partial charge on any atom is 0.266 e. The normalized spacial score (nSPS) is 31.4. The second-order valence-corrected chi connectivity index (χ2v) is 9.33. The van der Waals surface area contributed by atoms with Crippen molar-refractivity contribution in [2.45, 2.75) is 64.2 Å². The third-order valence-corrected chi connectivity index (χ3v) is 6.13. The van der Waals surface area contributed by atoms with Crippen molar-refractivity contribution in [1.29, 1.82) is 0 Å². The average molecular weight is 350 g/mol. The number of hydrogen-bond acceptors (Lipinski definition) is 4. The fourth-order valence-electron chi connectivity index (χ4n) is 4.26. The molecule has 0 aliphatic heterocycles. The van der Waals surface area contributed by atoms with Crippen LogP contribution in [0.2, 0.25) is 0 Å². The molecule has 2 rings (SSSR count). The third-order valence-electron chi connectivity index (χ3n) is 5.38. The third kappa shape index (κ3) is 7.21. The Labute approximate surface area is 140 Å². The first-order valence-electron chi connectivity index (χ1n) is 8.87. The van der Waals surface area contributed by atoms with Crippen LogP contribution in [0.15, 0.2) is 0 Å². The predicted octanol–water partition coefficient (Wildman–Crippen LogP) is 3.50. The Balaban J connectivity index is 1.45. The summed E-state index contributed by atoms with van der Waals surface area (Å²) in [5, 5.41) is 3.23. The van der Waals surface area contributed by atoms with Gasteiger partial charge in [-0.2, -0.15) is 4.21 Å². The largest absolute Gasteiger partial charge is 0.314 e. The van der Waals surface area contributed by atoms with Gasteiger partial charge in [0, 0.05) is 17.7 Å². The van der Waals surface area contributed by atoms with E-state index in [2.05, 4.69) is 20.7 Å². The monoisotopic (exact) mass is 349 g/mol. The summed E-state index contributed by atoms with van der Waals surface area (Å²) in [4.78, 5) is 0. The van der Waals surface area contributed by atoms with Crippen LogP contribution in [-0.2, 0) is 24.4 Å². The Bertz CT molecular complexity index is 414. The molecule has 2 N–H and O–H groups in total. The van der Waals surface area contributed by atoms with Gasteiger partial charge in [-0.25, -0.2) is 0 Å². The highest BCUT2D eigenvalue weighted by atomic mass is 32.9. The Kier molecular flexibility index (Phi) is 8.05. The Morgan fingerprint density at radius 1 is 1.09 bits per heavy atom. The van der Waals surface area contributed by atoms with Crippen LogP contribution in [0.1, 0.15) is 64.2 Å². The van der Waals surface area contributed by atoms with E-state index in [-0.39, 0.29) is 6.61 Å². The molecule has 0 spiro atoms. The Morgan fingerprint density at radius 2 is 1.86 bits per heavy atom. The van der Waals surface area contributed by atoms with E-state index >= 15 is 0 Å². The highest BCUT2D eigenvalue weighted by Gasteiger charge is 2.31. The summed E-state index contributed by atoms with van der Waals surface area (Å²) in [6, 6.07) is 0. The number of fused-ring (bicyclic) bond motifs is 1. The SMILES string of the molecule is O=S(O)(=S)OCCNCCCC[C@@H]1CC[C@H]2CCCC[C@H]2C1. The van der Waals surface area contributed by atoms with E-state index in [4.69, 9.17) is 4.55 Å². The smallest absolute Gasteiger partial charge is 0.266 e. The van der Waals surface area contributed by atoms with Crippen LogP contribution in [0, 0.1) is 17.8 Å². The highest BCUT2D eigenvalue weighted by molar-refractivity contribution is 8.27. The molecule has 0 aromatic carbocycles. The van der Waals surface area contributed by atoms with Crippen molar-refractivity contribution in [1.82, 2.24) is 5.32 Å². The lowest BCUT2D eigenvalue weighted by Crippen LogP contribution is -2.27. The Morgan fingerprint density at radius 3 is 2.64 bits per heavy atom. The molecule has 6 heteroatoms. The molecular formula is C16H31NO3S2. The summed E-state index contributed by atoms with van der Waals surface area (Å²) >= 11 is 4.25. The molecule has 0 aromatic heterocycles. The molecule has 2 saturated carbocycles. The van der Waals surface area contributed by atoms with Gasteiger partial charge in [-0.15, -0.1) is 0 Å². The summed E-state index contributed by atoms with van der Waals surface area (Å²) in [6.45, 7) is 1.73. The lowest BCUT2D eigenvalue weighted by atomic mass is 9.67. The van der Waals surface area contributed by atoms with E-state index in [1.165, 1.54) is 64.2 Å². The second kappa shape index (κ2) is 9.52. The zero-order valence-electron chi connectivity index (χ0n) is 13.5. The summed E-state index contributed by atoms with van der Waals surface area (Å²) in [5.74, 6) is 3.05. The summed E-state index contributed by atoms with van der Waals surface area (Å²) < 4.78 is 24.1. The van der Waals surface area contributed by atoms with Gasteiger partial charge in [0.05, 0.1) is 6.61 Å². The first kappa shape index (κ1) is 18.6. The predicted molar refractivity (Wildman–Crippen MR) is 93.6 cm³/mol. The van der Waals surface area contributed by atoms with Crippen LogP contribution in [0.3, 0.4) is 0 Å². The second-order valence-electron chi connectivity index (χ2n) is 6.98. The molecule has 1 unspecified atom stereocenters. The molecule has 0 bridgehead atoms. The fraction of sp³-hybridized carbons (Fsp3) is 1.00. The van der Waals surface area contributed by atoms with Crippen molar-refractivity contribution in [2.24, 2.45) is 17.8 Å². The molecule has 4 atom stereocenters. The molecule has 22 heavy (non-hydrogen) atoms. The highest BCUT2D eigenvalue weighted by Crippen LogP contribution is 2.43. The zero-order chi connectivity index (χ0) is 15.8. The van der Waals surface area contributed by atoms with Gasteiger partial charge in [0.15, 0.2) is 0 Å². The Hall–Kier alpha value is 0.250. The summed E-state index contributed by atoms with van der Waals surface area (Å²) in [7, 11) is -3.45. The zero-order valence-corrected chi connectivity index (χ0v) is 15.1. The van der Waals surface area contributed by atoms with E-state index in [0.29, 0.717) is 6.54 Å². The quantitative estimate of drug-likeness (QED) is 0.624. The van der Waals surface area contributed by atoms with Crippen molar-refractivity contribution in [3.8, 4) is 0 Å². The van der Waals surface area contributed by atoms with Gasteiger partial charge in [0.25, 0.3) is 9.05 Å². The van der Waals surface area contributed by atoms with Crippen LogP contribution < -0.4 is 5.32 Å². The first-order valence-corrected chi connectivity index (χ1v) is 11.2. The van der Waals surface area contributed by atoms with Crippen molar-refractivity contribution in [3.63, 3.8) is 0 Å². The molecule has 0 radical (unpaired) electrons. The van der Waals surface area contributed by atoms with Crippen LogP contribution in [-0.4, -0.2) is 28.5 Å². The molecule has 0 heterocycles. The van der Waals surface area contributed by atoms with Crippen LogP contribution in [0.25, 0.3) is 0 Å². The van der Waals surface area contributed by atoms with Gasteiger partial charge >= 0.3 is 0 Å². The number of nitrogens with one attached hydrogen (secondary N) is 1.